The van der Waals surface area contributed by atoms with Crippen molar-refractivity contribution in [3.8, 4) is 11.6 Å². The first-order valence-electron chi connectivity index (χ1n) is 9.57. The van der Waals surface area contributed by atoms with Gasteiger partial charge in [-0.3, -0.25) is 9.88 Å². The molecule has 4 aromatic rings. The Morgan fingerprint density at radius 1 is 1.17 bits per heavy atom. The largest absolute Gasteiger partial charge is 0.461 e. The molecular formula is C19H21N9O. The number of furan rings is 1. The number of rotatable bonds is 6. The molecule has 0 aliphatic carbocycles. The molecule has 0 spiro atoms. The molecule has 1 saturated heterocycles. The predicted octanol–water partition coefficient (Wildman–Crippen LogP) is 1.83. The summed E-state index contributed by atoms with van der Waals surface area (Å²) < 4.78 is 6.75. The van der Waals surface area contributed by atoms with E-state index in [1.54, 1.807) is 18.4 Å². The van der Waals surface area contributed by atoms with Gasteiger partial charge in [0.1, 0.15) is 0 Å². The average Bonchev–Trinajstić information content (AvgIpc) is 3.48. The highest BCUT2D eigenvalue weighted by Crippen LogP contribution is 2.21. The molecule has 4 aromatic heterocycles. The third kappa shape index (κ3) is 3.61. The first kappa shape index (κ1) is 17.6. The van der Waals surface area contributed by atoms with Crippen LogP contribution in [0, 0.1) is 0 Å². The normalized spacial score (nSPS) is 17.2. The molecule has 1 aliphatic heterocycles. The molecule has 5 heterocycles. The van der Waals surface area contributed by atoms with E-state index in [0.717, 1.165) is 26.1 Å². The molecule has 1 fully saturated rings. The molecule has 0 radical (unpaired) electrons. The SMILES string of the molecule is Nc1nc(NCC2CCCN2Cc2ccncc2)nc2nc(-c3ccco3)nn12. The Hall–Kier alpha value is -3.53. The van der Waals surface area contributed by atoms with Gasteiger partial charge in [-0.2, -0.15) is 19.5 Å². The van der Waals surface area contributed by atoms with Crippen LogP contribution in [-0.2, 0) is 6.54 Å². The quantitative estimate of drug-likeness (QED) is 0.506. The lowest BCUT2D eigenvalue weighted by molar-refractivity contribution is 0.254. The van der Waals surface area contributed by atoms with E-state index in [2.05, 4.69) is 47.4 Å². The number of hydrogen-bond donors (Lipinski definition) is 2. The minimum Gasteiger partial charge on any atom is -0.461 e. The standard InChI is InChI=1S/C19H21N9O/c20-17-24-18(25-19-23-16(26-28(17)19)15-4-2-10-29-15)22-11-14-3-1-9-27(14)12-13-5-7-21-8-6-13/h2,4-8,10,14H,1,3,9,11-12H2,(H3,20,22,23,24,25,26). The summed E-state index contributed by atoms with van der Waals surface area (Å²) in [7, 11) is 0. The molecule has 10 nitrogen and oxygen atoms in total. The second-order valence-electron chi connectivity index (χ2n) is 7.03. The number of likely N-dealkylation sites (tertiary alicyclic amines) is 1. The molecular weight excluding hydrogens is 370 g/mol. The van der Waals surface area contributed by atoms with E-state index < -0.39 is 0 Å². The number of aromatic nitrogens is 6. The topological polar surface area (TPSA) is 123 Å². The molecule has 0 amide bonds. The number of anilines is 2. The molecule has 5 rings (SSSR count). The fourth-order valence-electron chi connectivity index (χ4n) is 3.66. The molecule has 0 aromatic carbocycles. The second kappa shape index (κ2) is 7.47. The van der Waals surface area contributed by atoms with Crippen molar-refractivity contribution in [3.63, 3.8) is 0 Å². The maximum Gasteiger partial charge on any atom is 0.259 e. The third-order valence-electron chi connectivity index (χ3n) is 5.10. The van der Waals surface area contributed by atoms with E-state index >= 15 is 0 Å². The summed E-state index contributed by atoms with van der Waals surface area (Å²) in [5, 5.41) is 7.63. The highest BCUT2D eigenvalue weighted by atomic mass is 16.3. The van der Waals surface area contributed by atoms with Gasteiger partial charge in [-0.15, -0.1) is 5.10 Å². The monoisotopic (exact) mass is 391 g/mol. The maximum atomic E-state index is 6.06. The Balaban J connectivity index is 1.30. The number of nitrogen functional groups attached to an aromatic ring is 1. The minimum atomic E-state index is 0.225. The molecule has 1 atom stereocenters. The Bertz CT molecular complexity index is 1090. The highest BCUT2D eigenvalue weighted by molar-refractivity contribution is 5.52. The van der Waals surface area contributed by atoms with Crippen molar-refractivity contribution in [1.82, 2.24) is 34.4 Å². The average molecular weight is 391 g/mol. The van der Waals surface area contributed by atoms with Crippen molar-refractivity contribution in [2.45, 2.75) is 25.4 Å². The Morgan fingerprint density at radius 2 is 2.07 bits per heavy atom. The second-order valence-corrected chi connectivity index (χ2v) is 7.03. The summed E-state index contributed by atoms with van der Waals surface area (Å²) in [5.41, 5.74) is 7.33. The molecule has 0 bridgehead atoms. The van der Waals surface area contributed by atoms with Gasteiger partial charge in [-0.1, -0.05) is 0 Å². The van der Waals surface area contributed by atoms with Crippen LogP contribution in [0.5, 0.6) is 0 Å². The van der Waals surface area contributed by atoms with E-state index in [1.807, 2.05) is 12.4 Å². The van der Waals surface area contributed by atoms with Crippen LogP contribution in [0.15, 0.2) is 47.3 Å². The summed E-state index contributed by atoms with van der Waals surface area (Å²) >= 11 is 0. The predicted molar refractivity (Wildman–Crippen MR) is 107 cm³/mol. The van der Waals surface area contributed by atoms with E-state index in [9.17, 15) is 0 Å². The number of hydrogen-bond acceptors (Lipinski definition) is 9. The van der Waals surface area contributed by atoms with Crippen LogP contribution in [0.3, 0.4) is 0 Å². The zero-order valence-electron chi connectivity index (χ0n) is 15.8. The number of nitrogens with one attached hydrogen (secondary N) is 1. The van der Waals surface area contributed by atoms with E-state index in [0.29, 0.717) is 29.4 Å². The smallest absolute Gasteiger partial charge is 0.259 e. The van der Waals surface area contributed by atoms with E-state index in [1.165, 1.54) is 16.5 Å². The zero-order chi connectivity index (χ0) is 19.6. The zero-order valence-corrected chi connectivity index (χ0v) is 15.8. The van der Waals surface area contributed by atoms with Crippen LogP contribution < -0.4 is 11.1 Å². The first-order valence-corrected chi connectivity index (χ1v) is 9.57. The van der Waals surface area contributed by atoms with Gasteiger partial charge in [-0.05, 0) is 49.2 Å². The van der Waals surface area contributed by atoms with Crippen LogP contribution in [0.1, 0.15) is 18.4 Å². The van der Waals surface area contributed by atoms with Crippen LogP contribution in [-0.4, -0.2) is 53.6 Å². The third-order valence-corrected chi connectivity index (χ3v) is 5.10. The van der Waals surface area contributed by atoms with Gasteiger partial charge in [0, 0.05) is 31.5 Å². The molecule has 3 N–H and O–H groups in total. The lowest BCUT2D eigenvalue weighted by Crippen LogP contribution is -2.34. The lowest BCUT2D eigenvalue weighted by Gasteiger charge is -2.24. The number of pyridine rings is 1. The van der Waals surface area contributed by atoms with Crippen LogP contribution in [0.25, 0.3) is 17.4 Å². The van der Waals surface area contributed by atoms with Gasteiger partial charge >= 0.3 is 0 Å². The van der Waals surface area contributed by atoms with Crippen molar-refractivity contribution >= 4 is 17.7 Å². The van der Waals surface area contributed by atoms with E-state index in [4.69, 9.17) is 10.2 Å². The van der Waals surface area contributed by atoms with Crippen molar-refractivity contribution in [3.05, 3.63) is 48.5 Å². The fraction of sp³-hybridized carbons (Fsp3) is 0.316. The number of nitrogens with zero attached hydrogens (tertiary/aromatic N) is 7. The summed E-state index contributed by atoms with van der Waals surface area (Å²) in [6, 6.07) is 8.09. The molecule has 29 heavy (non-hydrogen) atoms. The van der Waals surface area contributed by atoms with Crippen molar-refractivity contribution in [1.29, 1.82) is 0 Å². The Kier molecular flexibility index (Phi) is 4.53. The number of fused-ring (bicyclic) bond motifs is 1. The molecule has 148 valence electrons. The summed E-state index contributed by atoms with van der Waals surface area (Å²) in [4.78, 5) is 19.7. The van der Waals surface area contributed by atoms with Crippen molar-refractivity contribution in [2.24, 2.45) is 0 Å². The molecule has 1 unspecified atom stereocenters. The summed E-state index contributed by atoms with van der Waals surface area (Å²) in [6.45, 7) is 2.72. The first-order chi connectivity index (χ1) is 14.3. The molecule has 1 aliphatic rings. The maximum absolute atomic E-state index is 6.06. The van der Waals surface area contributed by atoms with Crippen molar-refractivity contribution < 1.29 is 4.42 Å². The van der Waals surface area contributed by atoms with Gasteiger partial charge in [-0.25, -0.2) is 0 Å². The molecule has 10 heteroatoms. The van der Waals surface area contributed by atoms with Gasteiger partial charge in [0.2, 0.25) is 17.7 Å². The van der Waals surface area contributed by atoms with Crippen LogP contribution in [0.4, 0.5) is 11.9 Å². The Morgan fingerprint density at radius 3 is 2.90 bits per heavy atom. The molecule has 0 saturated carbocycles. The van der Waals surface area contributed by atoms with Gasteiger partial charge < -0.3 is 15.5 Å². The summed E-state index contributed by atoms with van der Waals surface area (Å²) in [6.07, 6.45) is 7.54. The van der Waals surface area contributed by atoms with Crippen LogP contribution >= 0.6 is 0 Å². The van der Waals surface area contributed by atoms with Gasteiger partial charge in [0.25, 0.3) is 5.78 Å². The Labute approximate surface area is 166 Å². The summed E-state index contributed by atoms with van der Waals surface area (Å²) in [5.74, 6) is 2.04. The van der Waals surface area contributed by atoms with Gasteiger partial charge in [0.05, 0.1) is 6.26 Å². The van der Waals surface area contributed by atoms with Crippen molar-refractivity contribution in [2.75, 3.05) is 24.1 Å². The van der Waals surface area contributed by atoms with Gasteiger partial charge in [0.15, 0.2) is 5.76 Å². The highest BCUT2D eigenvalue weighted by Gasteiger charge is 2.24. The fourth-order valence-corrected chi connectivity index (χ4v) is 3.66. The number of nitrogens with two attached hydrogens (primary N) is 1. The van der Waals surface area contributed by atoms with Crippen LogP contribution in [0.2, 0.25) is 0 Å². The van der Waals surface area contributed by atoms with E-state index in [-0.39, 0.29) is 5.95 Å². The minimum absolute atomic E-state index is 0.225. The lowest BCUT2D eigenvalue weighted by atomic mass is 10.2.